The van der Waals surface area contributed by atoms with Gasteiger partial charge in [0.25, 0.3) is 0 Å². The number of rotatable bonds is 1. The van der Waals surface area contributed by atoms with E-state index in [0.29, 0.717) is 5.69 Å². The van der Waals surface area contributed by atoms with Crippen molar-refractivity contribution in [2.24, 2.45) is 7.05 Å². The summed E-state index contributed by atoms with van der Waals surface area (Å²) in [6.07, 6.45) is 2.47. The average molecular weight is 135 g/mol. The minimum absolute atomic E-state index is 0.622. The average Bonchev–Trinajstić information content (AvgIpc) is 2.30. The third-order valence-electron chi connectivity index (χ3n) is 1.52. The lowest BCUT2D eigenvalue weighted by Crippen LogP contribution is -1.97. The summed E-state index contributed by atoms with van der Waals surface area (Å²) in [6.45, 7) is 2.02. The maximum atomic E-state index is 8.52. The first-order chi connectivity index (χ1) is 4.79. The van der Waals surface area contributed by atoms with Gasteiger partial charge in [0.15, 0.2) is 0 Å². The fraction of sp³-hybridized carbons (Fsp3) is 0.429. The quantitative estimate of drug-likeness (QED) is 0.573. The molecule has 0 radical (unpaired) electrons. The normalized spacial score (nSPS) is 9.30. The first-order valence-electron chi connectivity index (χ1n) is 3.20. The highest BCUT2D eigenvalue weighted by Gasteiger charge is 2.01. The maximum Gasteiger partial charge on any atom is 0.139 e. The summed E-state index contributed by atoms with van der Waals surface area (Å²) in [4.78, 5) is 4.05. The van der Waals surface area contributed by atoms with Crippen LogP contribution in [0.4, 0.5) is 0 Å². The number of nitrogens with zero attached hydrogens (tertiary/aromatic N) is 3. The number of hydrogen-bond donors (Lipinski definition) is 0. The largest absolute Gasteiger partial charge is 0.323 e. The van der Waals surface area contributed by atoms with Crippen molar-refractivity contribution in [2.75, 3.05) is 0 Å². The van der Waals surface area contributed by atoms with E-state index in [4.69, 9.17) is 5.26 Å². The molecule has 10 heavy (non-hydrogen) atoms. The van der Waals surface area contributed by atoms with Crippen molar-refractivity contribution >= 4 is 0 Å². The molecule has 0 aliphatic carbocycles. The summed E-state index contributed by atoms with van der Waals surface area (Å²) in [6, 6.07) is 2.05. The van der Waals surface area contributed by atoms with E-state index in [9.17, 15) is 0 Å². The van der Waals surface area contributed by atoms with Gasteiger partial charge in [-0.15, -0.1) is 0 Å². The van der Waals surface area contributed by atoms with Gasteiger partial charge in [0, 0.05) is 13.5 Å². The van der Waals surface area contributed by atoms with Crippen LogP contribution in [0, 0.1) is 11.3 Å². The molecular formula is C7H9N3. The molecule has 0 atom stereocenters. The Kier molecular flexibility index (Phi) is 1.72. The van der Waals surface area contributed by atoms with E-state index < -0.39 is 0 Å². The Morgan fingerprint density at radius 2 is 2.50 bits per heavy atom. The number of aromatic nitrogens is 2. The fourth-order valence-corrected chi connectivity index (χ4v) is 0.880. The van der Waals surface area contributed by atoms with Crippen LogP contribution in [0.25, 0.3) is 0 Å². The van der Waals surface area contributed by atoms with Gasteiger partial charge in [-0.1, -0.05) is 6.92 Å². The fourth-order valence-electron chi connectivity index (χ4n) is 0.880. The molecule has 0 aliphatic rings. The molecule has 3 nitrogen and oxygen atoms in total. The summed E-state index contributed by atoms with van der Waals surface area (Å²) >= 11 is 0. The third-order valence-corrected chi connectivity index (χ3v) is 1.52. The molecule has 1 rings (SSSR count). The standard InChI is InChI=1S/C7H9N3/c1-3-7-9-5-6(4-8)10(7)2/h5H,3H2,1-2H3. The Balaban J connectivity index is 3.12. The van der Waals surface area contributed by atoms with Crippen molar-refractivity contribution in [2.45, 2.75) is 13.3 Å². The highest BCUT2D eigenvalue weighted by atomic mass is 15.1. The summed E-state index contributed by atoms with van der Waals surface area (Å²) in [5, 5.41) is 8.52. The smallest absolute Gasteiger partial charge is 0.139 e. The minimum Gasteiger partial charge on any atom is -0.323 e. The summed E-state index contributed by atoms with van der Waals surface area (Å²) in [7, 11) is 1.85. The summed E-state index contributed by atoms with van der Waals surface area (Å²) in [5.74, 6) is 0.955. The number of imidazole rings is 1. The van der Waals surface area contributed by atoms with E-state index in [-0.39, 0.29) is 0 Å². The van der Waals surface area contributed by atoms with Crippen molar-refractivity contribution in [3.63, 3.8) is 0 Å². The van der Waals surface area contributed by atoms with Crippen molar-refractivity contribution in [3.8, 4) is 6.07 Å². The van der Waals surface area contributed by atoms with Crippen molar-refractivity contribution in [3.05, 3.63) is 17.7 Å². The molecule has 0 bridgehead atoms. The van der Waals surface area contributed by atoms with Crippen molar-refractivity contribution in [1.82, 2.24) is 9.55 Å². The van der Waals surface area contributed by atoms with Crippen LogP contribution >= 0.6 is 0 Å². The molecule has 0 saturated carbocycles. The maximum absolute atomic E-state index is 8.52. The zero-order valence-corrected chi connectivity index (χ0v) is 6.13. The van der Waals surface area contributed by atoms with Gasteiger partial charge in [-0.3, -0.25) is 0 Å². The van der Waals surface area contributed by atoms with Crippen LogP contribution in [0.2, 0.25) is 0 Å². The number of nitriles is 1. The second-order valence-electron chi connectivity index (χ2n) is 2.08. The van der Waals surface area contributed by atoms with Crippen LogP contribution in [-0.4, -0.2) is 9.55 Å². The number of hydrogen-bond acceptors (Lipinski definition) is 2. The van der Waals surface area contributed by atoms with E-state index in [1.165, 1.54) is 0 Å². The Labute approximate surface area is 59.9 Å². The molecule has 1 heterocycles. The van der Waals surface area contributed by atoms with E-state index in [1.807, 2.05) is 14.0 Å². The molecule has 0 saturated heterocycles. The molecule has 52 valence electrons. The van der Waals surface area contributed by atoms with Gasteiger partial charge in [-0.2, -0.15) is 5.26 Å². The number of aryl methyl sites for hydroxylation is 1. The van der Waals surface area contributed by atoms with Gasteiger partial charge >= 0.3 is 0 Å². The second kappa shape index (κ2) is 2.53. The predicted molar refractivity (Wildman–Crippen MR) is 37.3 cm³/mol. The monoisotopic (exact) mass is 135 g/mol. The zero-order chi connectivity index (χ0) is 7.56. The first-order valence-corrected chi connectivity index (χ1v) is 3.20. The highest BCUT2D eigenvalue weighted by molar-refractivity contribution is 5.19. The van der Waals surface area contributed by atoms with Crippen LogP contribution in [0.5, 0.6) is 0 Å². The van der Waals surface area contributed by atoms with Crippen LogP contribution in [0.3, 0.4) is 0 Å². The topological polar surface area (TPSA) is 41.6 Å². The van der Waals surface area contributed by atoms with Crippen molar-refractivity contribution < 1.29 is 0 Å². The molecule has 3 heteroatoms. The predicted octanol–water partition coefficient (Wildman–Crippen LogP) is 0.854. The SMILES string of the molecule is CCc1ncc(C#N)n1C. The van der Waals surface area contributed by atoms with E-state index in [0.717, 1.165) is 12.2 Å². The molecule has 0 unspecified atom stereocenters. The molecule has 0 aromatic carbocycles. The highest BCUT2D eigenvalue weighted by Crippen LogP contribution is 2.00. The Morgan fingerprint density at radius 3 is 2.80 bits per heavy atom. The van der Waals surface area contributed by atoms with Crippen LogP contribution in [0.1, 0.15) is 18.4 Å². The lowest BCUT2D eigenvalue weighted by molar-refractivity contribution is 0.798. The molecule has 0 N–H and O–H groups in total. The molecule has 1 aromatic rings. The van der Waals surface area contributed by atoms with Crippen LogP contribution in [0.15, 0.2) is 6.20 Å². The lowest BCUT2D eigenvalue weighted by Gasteiger charge is -1.95. The van der Waals surface area contributed by atoms with Gasteiger partial charge < -0.3 is 4.57 Å². The molecular weight excluding hydrogens is 126 g/mol. The Hall–Kier alpha value is -1.30. The van der Waals surface area contributed by atoms with Gasteiger partial charge in [0.05, 0.1) is 6.20 Å². The van der Waals surface area contributed by atoms with E-state index in [1.54, 1.807) is 10.8 Å². The summed E-state index contributed by atoms with van der Waals surface area (Å²) in [5.41, 5.74) is 0.622. The molecule has 0 spiro atoms. The minimum atomic E-state index is 0.622. The van der Waals surface area contributed by atoms with Crippen LogP contribution in [-0.2, 0) is 13.5 Å². The molecule has 0 aliphatic heterocycles. The van der Waals surface area contributed by atoms with Gasteiger partial charge in [-0.05, 0) is 0 Å². The summed E-state index contributed by atoms with van der Waals surface area (Å²) < 4.78 is 1.81. The van der Waals surface area contributed by atoms with Gasteiger partial charge in [-0.25, -0.2) is 4.98 Å². The van der Waals surface area contributed by atoms with Crippen molar-refractivity contribution in [1.29, 1.82) is 5.26 Å². The molecule has 0 amide bonds. The van der Waals surface area contributed by atoms with Gasteiger partial charge in [0.1, 0.15) is 17.6 Å². The molecule has 0 fully saturated rings. The van der Waals surface area contributed by atoms with E-state index >= 15 is 0 Å². The Morgan fingerprint density at radius 1 is 1.80 bits per heavy atom. The van der Waals surface area contributed by atoms with E-state index in [2.05, 4.69) is 11.1 Å². The second-order valence-corrected chi connectivity index (χ2v) is 2.08. The molecule has 1 aromatic heterocycles. The Bertz CT molecular complexity index is 267. The third kappa shape index (κ3) is 0.883. The first kappa shape index (κ1) is 6.81. The van der Waals surface area contributed by atoms with Gasteiger partial charge in [0.2, 0.25) is 0 Å². The van der Waals surface area contributed by atoms with Crippen LogP contribution < -0.4 is 0 Å². The zero-order valence-electron chi connectivity index (χ0n) is 6.13. The lowest BCUT2D eigenvalue weighted by atomic mass is 10.4.